The van der Waals surface area contributed by atoms with Gasteiger partial charge in [0, 0.05) is 69.5 Å². The summed E-state index contributed by atoms with van der Waals surface area (Å²) in [5.74, 6) is -0.890. The quantitative estimate of drug-likeness (QED) is 0.264. The highest BCUT2D eigenvalue weighted by Gasteiger charge is 2.42. The van der Waals surface area contributed by atoms with E-state index in [0.29, 0.717) is 50.5 Å². The van der Waals surface area contributed by atoms with Crippen LogP contribution >= 0.6 is 0 Å². The molecule has 0 spiro atoms. The van der Waals surface area contributed by atoms with Gasteiger partial charge < -0.3 is 9.80 Å². The average molecular weight is 687 g/mol. The number of amides is 2. The minimum absolute atomic E-state index is 0.0500. The van der Waals surface area contributed by atoms with Crippen LogP contribution in [0.3, 0.4) is 0 Å². The number of piperidine rings is 1. The Morgan fingerprint density at radius 1 is 0.735 bits per heavy atom. The van der Waals surface area contributed by atoms with Crippen LogP contribution in [0.1, 0.15) is 58.3 Å². The first kappa shape index (κ1) is 34.9. The van der Waals surface area contributed by atoms with Gasteiger partial charge in [-0.2, -0.15) is 26.3 Å². The molecular weight excluding hydrogens is 646 g/mol. The first-order valence-electron chi connectivity index (χ1n) is 16.7. The lowest BCUT2D eigenvalue weighted by Gasteiger charge is -2.51. The van der Waals surface area contributed by atoms with Crippen molar-refractivity contribution in [3.8, 4) is 0 Å². The molecule has 0 N–H and O–H groups in total. The number of alkyl halides is 6. The molecule has 49 heavy (non-hydrogen) atoms. The third-order valence-corrected chi connectivity index (χ3v) is 10.3. The second kappa shape index (κ2) is 14.1. The van der Waals surface area contributed by atoms with E-state index >= 15 is 0 Å². The van der Waals surface area contributed by atoms with E-state index in [0.717, 1.165) is 37.3 Å². The second-order valence-electron chi connectivity index (χ2n) is 13.4. The zero-order valence-electron chi connectivity index (χ0n) is 27.3. The molecule has 2 amide bonds. The van der Waals surface area contributed by atoms with Crippen LogP contribution in [-0.4, -0.2) is 95.4 Å². The fourth-order valence-electron chi connectivity index (χ4n) is 7.44. The maximum absolute atomic E-state index is 13.7. The molecular formula is C37H40F6N4O2. The minimum Gasteiger partial charge on any atom is -0.339 e. The summed E-state index contributed by atoms with van der Waals surface area (Å²) < 4.78 is 81.6. The Hall–Kier alpha value is -3.90. The molecule has 0 aliphatic carbocycles. The van der Waals surface area contributed by atoms with Crippen molar-refractivity contribution in [2.24, 2.45) is 0 Å². The van der Waals surface area contributed by atoms with Gasteiger partial charge in [-0.1, -0.05) is 60.7 Å². The van der Waals surface area contributed by atoms with Crippen LogP contribution in [0.15, 0.2) is 78.9 Å². The summed E-state index contributed by atoms with van der Waals surface area (Å²) in [6, 6.07) is 20.3. The summed E-state index contributed by atoms with van der Waals surface area (Å²) in [7, 11) is 0. The van der Waals surface area contributed by atoms with Crippen LogP contribution in [0.4, 0.5) is 26.3 Å². The number of halogens is 6. The molecule has 3 unspecified atom stereocenters. The van der Waals surface area contributed by atoms with Crippen molar-refractivity contribution in [3.63, 3.8) is 0 Å². The SMILES string of the molecule is CC(C(=O)N1CC(N2CCN(C3CCN(C(=O)c4cc(C(F)(F)F)cc(C(F)(F)F)c4)C(Cc4ccccc4)C3)CC2)C1)c1ccccc1. The predicted octanol–water partition coefficient (Wildman–Crippen LogP) is 6.57. The fourth-order valence-corrected chi connectivity index (χ4v) is 7.44. The molecule has 0 aromatic heterocycles. The lowest BCUT2D eigenvalue weighted by Crippen LogP contribution is -2.65. The van der Waals surface area contributed by atoms with Crippen molar-refractivity contribution < 1.29 is 35.9 Å². The normalized spacial score (nSPS) is 22.1. The Bertz CT molecular complexity index is 1570. The molecule has 3 aliphatic rings. The highest BCUT2D eigenvalue weighted by molar-refractivity contribution is 5.95. The highest BCUT2D eigenvalue weighted by atomic mass is 19.4. The lowest BCUT2D eigenvalue weighted by molar-refractivity contribution is -0.143. The van der Waals surface area contributed by atoms with Crippen LogP contribution < -0.4 is 0 Å². The minimum atomic E-state index is -5.04. The van der Waals surface area contributed by atoms with Crippen LogP contribution in [0, 0.1) is 0 Å². The number of carbonyl (C=O) groups excluding carboxylic acids is 2. The number of rotatable bonds is 7. The number of piperazine rings is 1. The standard InChI is InChI=1S/C37H40F6N4O2/c1-25(27-10-6-3-7-11-27)34(48)46-23-33(24-46)45-16-14-44(15-17-45)31-12-13-47(32(22-31)18-26-8-4-2-5-9-26)35(49)28-19-29(36(38,39)40)21-30(20-28)37(41,42)43/h2-11,19-21,25,31-33H,12-18,22-24H2,1H3. The molecule has 0 saturated carbocycles. The molecule has 3 heterocycles. The summed E-state index contributed by atoms with van der Waals surface area (Å²) in [4.78, 5) is 35.0. The van der Waals surface area contributed by atoms with Crippen molar-refractivity contribution >= 4 is 11.8 Å². The molecule has 262 valence electrons. The van der Waals surface area contributed by atoms with E-state index in [-0.39, 0.29) is 30.5 Å². The van der Waals surface area contributed by atoms with E-state index < -0.39 is 41.0 Å². The van der Waals surface area contributed by atoms with Crippen molar-refractivity contribution in [1.29, 1.82) is 0 Å². The molecule has 3 aromatic carbocycles. The van der Waals surface area contributed by atoms with Gasteiger partial charge in [-0.15, -0.1) is 0 Å². The average Bonchev–Trinajstić information content (AvgIpc) is 3.07. The van der Waals surface area contributed by atoms with Gasteiger partial charge in [-0.05, 0) is 55.5 Å². The Kier molecular flexibility index (Phi) is 10.1. The van der Waals surface area contributed by atoms with E-state index in [1.165, 1.54) is 4.90 Å². The Labute approximate surface area is 282 Å². The Morgan fingerprint density at radius 3 is 1.82 bits per heavy atom. The summed E-state index contributed by atoms with van der Waals surface area (Å²) in [6.45, 7) is 6.80. The molecule has 12 heteroatoms. The highest BCUT2D eigenvalue weighted by Crippen LogP contribution is 2.37. The Balaban J connectivity index is 1.10. The molecule has 6 nitrogen and oxygen atoms in total. The summed E-state index contributed by atoms with van der Waals surface area (Å²) in [5, 5.41) is 0. The second-order valence-corrected chi connectivity index (χ2v) is 13.4. The summed E-state index contributed by atoms with van der Waals surface area (Å²) >= 11 is 0. The number of likely N-dealkylation sites (tertiary alicyclic amines) is 2. The van der Waals surface area contributed by atoms with Gasteiger partial charge in [0.15, 0.2) is 0 Å². The van der Waals surface area contributed by atoms with E-state index in [1.54, 1.807) is 0 Å². The monoisotopic (exact) mass is 686 g/mol. The number of nitrogens with zero attached hydrogens (tertiary/aromatic N) is 4. The smallest absolute Gasteiger partial charge is 0.339 e. The van der Waals surface area contributed by atoms with Gasteiger partial charge in [0.05, 0.1) is 17.0 Å². The van der Waals surface area contributed by atoms with Gasteiger partial charge in [-0.3, -0.25) is 19.4 Å². The number of carbonyl (C=O) groups is 2. The maximum atomic E-state index is 13.7. The van der Waals surface area contributed by atoms with E-state index in [1.807, 2.05) is 72.5 Å². The fraction of sp³-hybridized carbons (Fsp3) is 0.459. The van der Waals surface area contributed by atoms with Gasteiger partial charge in [0.1, 0.15) is 0 Å². The van der Waals surface area contributed by atoms with E-state index in [4.69, 9.17) is 0 Å². The molecule has 3 fully saturated rings. The van der Waals surface area contributed by atoms with Crippen LogP contribution in [0.5, 0.6) is 0 Å². The van der Waals surface area contributed by atoms with Crippen molar-refractivity contribution in [2.75, 3.05) is 45.8 Å². The van der Waals surface area contributed by atoms with Gasteiger partial charge in [-0.25, -0.2) is 0 Å². The molecule has 3 atom stereocenters. The van der Waals surface area contributed by atoms with E-state index in [9.17, 15) is 35.9 Å². The zero-order valence-corrected chi connectivity index (χ0v) is 27.3. The largest absolute Gasteiger partial charge is 0.416 e. The van der Waals surface area contributed by atoms with Gasteiger partial charge >= 0.3 is 12.4 Å². The maximum Gasteiger partial charge on any atom is 0.416 e. The topological polar surface area (TPSA) is 47.1 Å². The van der Waals surface area contributed by atoms with E-state index in [2.05, 4.69) is 9.80 Å². The number of hydrogen-bond acceptors (Lipinski definition) is 4. The number of hydrogen-bond donors (Lipinski definition) is 0. The van der Waals surface area contributed by atoms with Gasteiger partial charge in [0.2, 0.25) is 5.91 Å². The van der Waals surface area contributed by atoms with Crippen LogP contribution in [-0.2, 0) is 23.6 Å². The first-order chi connectivity index (χ1) is 23.3. The third-order valence-electron chi connectivity index (χ3n) is 10.3. The zero-order chi connectivity index (χ0) is 34.9. The molecule has 3 aliphatic heterocycles. The molecule has 0 radical (unpaired) electrons. The van der Waals surface area contributed by atoms with Crippen LogP contribution in [0.25, 0.3) is 0 Å². The summed E-state index contributed by atoms with van der Waals surface area (Å²) in [6.07, 6.45) is -8.53. The lowest BCUT2D eigenvalue weighted by atomic mass is 9.90. The first-order valence-corrected chi connectivity index (χ1v) is 16.7. The van der Waals surface area contributed by atoms with Crippen molar-refractivity contribution in [1.82, 2.24) is 19.6 Å². The summed E-state index contributed by atoms with van der Waals surface area (Å²) in [5.41, 5.74) is -1.67. The van der Waals surface area contributed by atoms with Crippen molar-refractivity contribution in [3.05, 3.63) is 107 Å². The molecule has 3 aromatic rings. The van der Waals surface area contributed by atoms with Gasteiger partial charge in [0.25, 0.3) is 5.91 Å². The van der Waals surface area contributed by atoms with Crippen molar-refractivity contribution in [2.45, 2.75) is 62.6 Å². The molecule has 6 rings (SSSR count). The van der Waals surface area contributed by atoms with Crippen LogP contribution in [0.2, 0.25) is 0 Å². The number of benzene rings is 3. The third kappa shape index (κ3) is 7.96. The molecule has 0 bridgehead atoms. The molecule has 3 saturated heterocycles. The predicted molar refractivity (Wildman–Crippen MR) is 173 cm³/mol. The Morgan fingerprint density at radius 2 is 1.27 bits per heavy atom.